The third-order valence-electron chi connectivity index (χ3n) is 7.77. The molecule has 3 atom stereocenters. The number of carbonyl (C=O) groups is 2. The Kier molecular flexibility index (Phi) is 7.00. The molecule has 37 heavy (non-hydrogen) atoms. The summed E-state index contributed by atoms with van der Waals surface area (Å²) in [5.74, 6) is -3.29. The molecule has 1 aromatic heterocycles. The largest absolute Gasteiger partial charge is 0.503 e. The van der Waals surface area contributed by atoms with Gasteiger partial charge in [-0.15, -0.1) is 0 Å². The van der Waals surface area contributed by atoms with E-state index in [1.54, 1.807) is 7.11 Å². The van der Waals surface area contributed by atoms with Crippen LogP contribution in [0.2, 0.25) is 0 Å². The van der Waals surface area contributed by atoms with Gasteiger partial charge < -0.3 is 24.6 Å². The zero-order valence-electron chi connectivity index (χ0n) is 20.6. The summed E-state index contributed by atoms with van der Waals surface area (Å²) in [6.45, 7) is 1.92. The second kappa shape index (κ2) is 10.2. The Morgan fingerprint density at radius 3 is 2.73 bits per heavy atom. The number of pyridine rings is 1. The first-order valence-electron chi connectivity index (χ1n) is 12.5. The first kappa shape index (κ1) is 25.3. The maximum Gasteiger partial charge on any atom is 0.276 e. The highest BCUT2D eigenvalue weighted by molar-refractivity contribution is 5.99. The maximum atomic E-state index is 14.0. The Bertz CT molecular complexity index is 1280. The van der Waals surface area contributed by atoms with Crippen LogP contribution in [0, 0.1) is 17.6 Å². The van der Waals surface area contributed by atoms with Gasteiger partial charge in [-0.25, -0.2) is 8.78 Å². The van der Waals surface area contributed by atoms with Gasteiger partial charge in [0.2, 0.25) is 5.43 Å². The number of amides is 2. The van der Waals surface area contributed by atoms with Gasteiger partial charge in [-0.05, 0) is 24.8 Å². The van der Waals surface area contributed by atoms with E-state index in [9.17, 15) is 28.3 Å². The highest BCUT2D eigenvalue weighted by atomic mass is 19.1. The first-order chi connectivity index (χ1) is 17.8. The van der Waals surface area contributed by atoms with Crippen LogP contribution in [0.4, 0.5) is 8.78 Å². The maximum absolute atomic E-state index is 14.0. The fourth-order valence-corrected chi connectivity index (χ4v) is 5.94. The van der Waals surface area contributed by atoms with Crippen LogP contribution in [0.1, 0.15) is 52.1 Å². The molecule has 1 aliphatic carbocycles. The van der Waals surface area contributed by atoms with Crippen molar-refractivity contribution in [3.63, 3.8) is 0 Å². The zero-order chi connectivity index (χ0) is 26.3. The van der Waals surface area contributed by atoms with Crippen molar-refractivity contribution in [2.24, 2.45) is 5.92 Å². The average molecular weight is 517 g/mol. The predicted molar refractivity (Wildman–Crippen MR) is 129 cm³/mol. The van der Waals surface area contributed by atoms with Crippen LogP contribution in [-0.2, 0) is 17.8 Å². The van der Waals surface area contributed by atoms with Crippen molar-refractivity contribution in [2.75, 3.05) is 26.8 Å². The highest BCUT2D eigenvalue weighted by Crippen LogP contribution is 2.39. The number of hydrogen-bond acceptors (Lipinski definition) is 6. The normalized spacial score (nSPS) is 23.3. The molecule has 2 aliphatic heterocycles. The molecule has 3 heterocycles. The molecule has 1 aromatic carbocycles. The summed E-state index contributed by atoms with van der Waals surface area (Å²) in [6, 6.07) is 3.00. The number of aromatic nitrogens is 1. The number of halogens is 2. The smallest absolute Gasteiger partial charge is 0.276 e. The zero-order valence-corrected chi connectivity index (χ0v) is 20.6. The van der Waals surface area contributed by atoms with E-state index in [0.29, 0.717) is 25.1 Å². The molecular weight excluding hydrogens is 486 g/mol. The Morgan fingerprint density at radius 1 is 1.19 bits per heavy atom. The van der Waals surface area contributed by atoms with Crippen molar-refractivity contribution in [1.29, 1.82) is 0 Å². The molecule has 1 saturated carbocycles. The number of nitrogens with zero attached hydrogens (tertiary/aromatic N) is 3. The van der Waals surface area contributed by atoms with E-state index in [-0.39, 0.29) is 42.1 Å². The lowest BCUT2D eigenvalue weighted by molar-refractivity contribution is -0.0788. The third kappa shape index (κ3) is 4.61. The van der Waals surface area contributed by atoms with E-state index >= 15 is 0 Å². The predicted octanol–water partition coefficient (Wildman–Crippen LogP) is 2.06. The topological polar surface area (TPSA) is 104 Å². The van der Waals surface area contributed by atoms with Crippen LogP contribution in [0.25, 0.3) is 0 Å². The molecule has 0 spiro atoms. The van der Waals surface area contributed by atoms with Crippen LogP contribution in [0.5, 0.6) is 5.75 Å². The van der Waals surface area contributed by atoms with E-state index < -0.39 is 34.6 Å². The fraction of sp³-hybridized carbons (Fsp3) is 0.500. The standard InChI is InChI=1S/C26H30F2N4O5/c1-37-9-8-30-12-16-4-2-3-5-20(16)32-21(30)14-31-13-18(23(33)24(34)22(31)26(32)36)25(35)29-11-15-6-7-17(27)10-19(15)28/h6-7,10,13,16,20-21,34H,2-5,8-9,11-12,14H2,1H3,(H,29,35)/t16-,20-,21-/m0/s1. The summed E-state index contributed by atoms with van der Waals surface area (Å²) in [6.07, 6.45) is 4.98. The van der Waals surface area contributed by atoms with Crippen LogP contribution in [-0.4, -0.2) is 70.3 Å². The molecule has 2 aromatic rings. The van der Waals surface area contributed by atoms with Gasteiger partial charge in [-0.2, -0.15) is 0 Å². The van der Waals surface area contributed by atoms with Crippen molar-refractivity contribution >= 4 is 11.8 Å². The second-order valence-electron chi connectivity index (χ2n) is 9.93. The summed E-state index contributed by atoms with van der Waals surface area (Å²) in [5.41, 5.74) is -1.41. The number of fused-ring (bicyclic) bond motifs is 4. The number of methoxy groups -OCH3 is 1. The van der Waals surface area contributed by atoms with Crippen molar-refractivity contribution in [3.05, 3.63) is 63.1 Å². The van der Waals surface area contributed by atoms with E-state index in [4.69, 9.17) is 4.74 Å². The summed E-state index contributed by atoms with van der Waals surface area (Å²) >= 11 is 0. The lowest BCUT2D eigenvalue weighted by Gasteiger charge is -2.55. The van der Waals surface area contributed by atoms with Gasteiger partial charge in [0, 0.05) is 50.6 Å². The molecule has 9 nitrogen and oxygen atoms in total. The third-order valence-corrected chi connectivity index (χ3v) is 7.77. The molecule has 5 rings (SSSR count). The minimum atomic E-state index is -0.969. The van der Waals surface area contributed by atoms with Gasteiger partial charge in [0.25, 0.3) is 11.8 Å². The van der Waals surface area contributed by atoms with Crippen LogP contribution >= 0.6 is 0 Å². The molecule has 11 heteroatoms. The van der Waals surface area contributed by atoms with Gasteiger partial charge >= 0.3 is 0 Å². The van der Waals surface area contributed by atoms with Gasteiger partial charge in [0.1, 0.15) is 23.4 Å². The Labute approximate surface area is 212 Å². The van der Waals surface area contributed by atoms with E-state index in [0.717, 1.165) is 38.3 Å². The first-order valence-corrected chi connectivity index (χ1v) is 12.5. The number of carbonyl (C=O) groups excluding carboxylic acids is 2. The lowest BCUT2D eigenvalue weighted by Crippen LogP contribution is -2.68. The molecule has 2 N–H and O–H groups in total. The van der Waals surface area contributed by atoms with Crippen molar-refractivity contribution in [3.8, 4) is 5.75 Å². The monoisotopic (exact) mass is 516 g/mol. The minimum absolute atomic E-state index is 0.0295. The Hall–Kier alpha value is -3.31. The number of benzene rings is 1. The number of hydrogen-bond donors (Lipinski definition) is 2. The second-order valence-corrected chi connectivity index (χ2v) is 9.93. The van der Waals surface area contributed by atoms with Gasteiger partial charge in [-0.1, -0.05) is 18.9 Å². The fourth-order valence-electron chi connectivity index (χ4n) is 5.94. The van der Waals surface area contributed by atoms with Crippen LogP contribution in [0.15, 0.2) is 29.2 Å². The average Bonchev–Trinajstić information content (AvgIpc) is 2.88. The number of aromatic hydroxyl groups is 1. The van der Waals surface area contributed by atoms with Gasteiger partial charge in [-0.3, -0.25) is 19.3 Å². The summed E-state index contributed by atoms with van der Waals surface area (Å²) in [7, 11) is 1.62. The van der Waals surface area contributed by atoms with Crippen LogP contribution in [0.3, 0.4) is 0 Å². The molecule has 0 bridgehead atoms. The quantitative estimate of drug-likeness (QED) is 0.609. The molecule has 0 radical (unpaired) electrons. The van der Waals surface area contributed by atoms with Crippen molar-refractivity contribution in [2.45, 2.75) is 51.0 Å². The summed E-state index contributed by atoms with van der Waals surface area (Å²) in [5, 5.41) is 13.2. The molecule has 198 valence electrons. The van der Waals surface area contributed by atoms with Crippen LogP contribution < -0.4 is 10.7 Å². The summed E-state index contributed by atoms with van der Waals surface area (Å²) < 4.78 is 33.9. The molecule has 0 unspecified atom stereocenters. The van der Waals surface area contributed by atoms with Gasteiger partial charge in [0.05, 0.1) is 13.2 Å². The lowest BCUT2D eigenvalue weighted by atomic mass is 9.80. The Morgan fingerprint density at radius 2 is 1.97 bits per heavy atom. The van der Waals surface area contributed by atoms with Crippen molar-refractivity contribution < 1.29 is 28.2 Å². The molecule has 3 aliphatic rings. The van der Waals surface area contributed by atoms with E-state index in [1.165, 1.54) is 16.8 Å². The Balaban J connectivity index is 1.45. The molecule has 1 saturated heterocycles. The molecule has 2 amide bonds. The molecular formula is C26H30F2N4O5. The SMILES string of the molecule is COCCN1C[C@@H]2CCCC[C@@H]2N2C(=O)c3c(O)c(=O)c(C(=O)NCc4ccc(F)cc4F)cn3C[C@@H]12. The number of rotatable bonds is 6. The highest BCUT2D eigenvalue weighted by Gasteiger charge is 2.48. The number of ether oxygens (including phenoxy) is 1. The molecule has 2 fully saturated rings. The van der Waals surface area contributed by atoms with Gasteiger partial charge in [0.15, 0.2) is 11.4 Å². The minimum Gasteiger partial charge on any atom is -0.503 e. The number of nitrogens with one attached hydrogen (secondary N) is 1. The van der Waals surface area contributed by atoms with E-state index in [2.05, 4.69) is 10.2 Å². The summed E-state index contributed by atoms with van der Waals surface area (Å²) in [4.78, 5) is 43.6. The van der Waals surface area contributed by atoms with Crippen molar-refractivity contribution in [1.82, 2.24) is 19.7 Å². The van der Waals surface area contributed by atoms with E-state index in [1.807, 2.05) is 4.90 Å².